The van der Waals surface area contributed by atoms with E-state index in [0.29, 0.717) is 24.3 Å². The van der Waals surface area contributed by atoms with Gasteiger partial charge in [0.1, 0.15) is 18.2 Å². The third-order valence-corrected chi connectivity index (χ3v) is 7.56. The number of piperazine rings is 1. The van der Waals surface area contributed by atoms with E-state index in [0.717, 1.165) is 53.5 Å². The van der Waals surface area contributed by atoms with Gasteiger partial charge in [-0.3, -0.25) is 4.98 Å². The summed E-state index contributed by atoms with van der Waals surface area (Å²) in [4.78, 5) is 11.7. The van der Waals surface area contributed by atoms with Crippen LogP contribution in [0.25, 0.3) is 11.5 Å². The summed E-state index contributed by atoms with van der Waals surface area (Å²) < 4.78 is 22.0. The lowest BCUT2D eigenvalue weighted by Crippen LogP contribution is -2.43. The van der Waals surface area contributed by atoms with Gasteiger partial charge in [-0.2, -0.15) is 0 Å². The molecule has 2 aromatic heterocycles. The van der Waals surface area contributed by atoms with Crippen molar-refractivity contribution < 1.29 is 13.9 Å². The molecular formula is C27H26FN5O2S. The first-order valence-electron chi connectivity index (χ1n) is 12.0. The highest BCUT2D eigenvalue weighted by molar-refractivity contribution is 7.97. The van der Waals surface area contributed by atoms with Crippen molar-refractivity contribution in [3.05, 3.63) is 95.4 Å². The van der Waals surface area contributed by atoms with E-state index >= 15 is 0 Å². The number of nitrogens with one attached hydrogen (secondary N) is 1. The van der Waals surface area contributed by atoms with Crippen LogP contribution < -0.4 is 10.2 Å². The minimum atomic E-state index is -0.795. The van der Waals surface area contributed by atoms with E-state index in [9.17, 15) is 9.50 Å². The van der Waals surface area contributed by atoms with E-state index in [1.807, 2.05) is 30.5 Å². The molecule has 1 saturated heterocycles. The van der Waals surface area contributed by atoms with E-state index < -0.39 is 6.10 Å². The molecule has 36 heavy (non-hydrogen) atoms. The fourth-order valence-electron chi connectivity index (χ4n) is 4.70. The first-order chi connectivity index (χ1) is 17.6. The molecule has 9 heteroatoms. The number of pyridine rings is 1. The summed E-state index contributed by atoms with van der Waals surface area (Å²) in [6.07, 6.45) is 3.99. The number of benzene rings is 2. The summed E-state index contributed by atoms with van der Waals surface area (Å²) in [7, 11) is 0. The van der Waals surface area contributed by atoms with Crippen LogP contribution in [0.2, 0.25) is 0 Å². The largest absolute Gasteiger partial charge is 0.444 e. The van der Waals surface area contributed by atoms with Crippen molar-refractivity contribution in [3.8, 4) is 11.5 Å². The highest BCUT2D eigenvalue weighted by Crippen LogP contribution is 2.35. The van der Waals surface area contributed by atoms with E-state index in [-0.39, 0.29) is 11.7 Å². The molecule has 2 aromatic carbocycles. The number of aliphatic hydroxyl groups is 1. The fourth-order valence-corrected chi connectivity index (χ4v) is 5.69. The van der Waals surface area contributed by atoms with Crippen LogP contribution in [-0.2, 0) is 13.1 Å². The first-order valence-corrected chi connectivity index (χ1v) is 12.7. The predicted molar refractivity (Wildman–Crippen MR) is 137 cm³/mol. The molecule has 4 aromatic rings. The Labute approximate surface area is 213 Å². The van der Waals surface area contributed by atoms with Gasteiger partial charge in [0.2, 0.25) is 5.89 Å². The molecule has 6 rings (SSSR count). The average Bonchev–Trinajstić information content (AvgIpc) is 3.58. The van der Waals surface area contributed by atoms with Crippen LogP contribution in [0.15, 0.2) is 76.5 Å². The number of aromatic nitrogens is 2. The van der Waals surface area contributed by atoms with Crippen LogP contribution in [0.4, 0.5) is 10.1 Å². The number of hydrogen-bond donors (Lipinski definition) is 2. The van der Waals surface area contributed by atoms with Crippen LogP contribution >= 0.6 is 11.9 Å². The van der Waals surface area contributed by atoms with Crippen LogP contribution in [0.3, 0.4) is 0 Å². The summed E-state index contributed by atoms with van der Waals surface area (Å²) in [6, 6.07) is 15.2. The zero-order chi connectivity index (χ0) is 24.5. The summed E-state index contributed by atoms with van der Waals surface area (Å²) in [6.45, 7) is 5.22. The maximum absolute atomic E-state index is 14.6. The van der Waals surface area contributed by atoms with Gasteiger partial charge < -0.3 is 19.7 Å². The number of fused-ring (bicyclic) bond motifs is 1. The van der Waals surface area contributed by atoms with Gasteiger partial charge in [0.15, 0.2) is 0 Å². The van der Waals surface area contributed by atoms with Gasteiger partial charge in [0.25, 0.3) is 0 Å². The van der Waals surface area contributed by atoms with E-state index in [1.54, 1.807) is 6.07 Å². The van der Waals surface area contributed by atoms with Gasteiger partial charge in [-0.1, -0.05) is 12.1 Å². The van der Waals surface area contributed by atoms with Gasteiger partial charge in [0.05, 0.1) is 17.5 Å². The normalized spacial score (nSPS) is 16.8. The second kappa shape index (κ2) is 10.0. The molecule has 2 aliphatic rings. The second-order valence-electron chi connectivity index (χ2n) is 8.98. The highest BCUT2D eigenvalue weighted by atomic mass is 32.2. The van der Waals surface area contributed by atoms with Crippen LogP contribution in [0.5, 0.6) is 0 Å². The van der Waals surface area contributed by atoms with Crippen molar-refractivity contribution in [1.82, 2.24) is 19.6 Å². The van der Waals surface area contributed by atoms with Gasteiger partial charge in [-0.15, -0.1) is 0 Å². The summed E-state index contributed by atoms with van der Waals surface area (Å²) in [5.41, 5.74) is 5.19. The van der Waals surface area contributed by atoms with E-state index in [2.05, 4.69) is 36.6 Å². The quantitative estimate of drug-likeness (QED) is 0.375. The van der Waals surface area contributed by atoms with Crippen molar-refractivity contribution in [2.24, 2.45) is 0 Å². The van der Waals surface area contributed by atoms with Crippen molar-refractivity contribution >= 4 is 17.6 Å². The maximum atomic E-state index is 14.6. The molecule has 0 bridgehead atoms. The zero-order valence-corrected chi connectivity index (χ0v) is 20.4. The van der Waals surface area contributed by atoms with Gasteiger partial charge in [-0.05, 0) is 65.0 Å². The minimum absolute atomic E-state index is 0.272. The molecule has 1 atom stereocenters. The third-order valence-electron chi connectivity index (χ3n) is 6.58. The Hall–Kier alpha value is -3.24. The van der Waals surface area contributed by atoms with E-state index in [4.69, 9.17) is 4.42 Å². The smallest absolute Gasteiger partial charge is 0.228 e. The Balaban J connectivity index is 1.15. The fraction of sp³-hybridized carbons (Fsp3) is 0.259. The second-order valence-corrected chi connectivity index (χ2v) is 10.2. The number of aliphatic hydroxyl groups excluding tert-OH is 1. The van der Waals surface area contributed by atoms with E-state index in [1.165, 1.54) is 30.5 Å². The molecule has 7 nitrogen and oxygen atoms in total. The Kier molecular flexibility index (Phi) is 6.45. The minimum Gasteiger partial charge on any atom is -0.444 e. The Bertz CT molecular complexity index is 1360. The molecule has 0 saturated carbocycles. The molecule has 4 heterocycles. The molecule has 0 spiro atoms. The Morgan fingerprint density at radius 3 is 2.69 bits per heavy atom. The van der Waals surface area contributed by atoms with Crippen LogP contribution in [-0.4, -0.2) is 45.6 Å². The van der Waals surface area contributed by atoms with Crippen LogP contribution in [0, 0.1) is 5.82 Å². The first kappa shape index (κ1) is 23.2. The monoisotopic (exact) mass is 503 g/mol. The van der Waals surface area contributed by atoms with Gasteiger partial charge in [-0.25, -0.2) is 13.7 Å². The van der Waals surface area contributed by atoms with Gasteiger partial charge >= 0.3 is 0 Å². The Morgan fingerprint density at radius 1 is 1.03 bits per heavy atom. The number of rotatable bonds is 6. The molecule has 2 aliphatic heterocycles. The zero-order valence-electron chi connectivity index (χ0n) is 19.6. The SMILES string of the molecule is OC(c1cccc(N2CCNCC2)c1)c1cc2c(cn1)CN(Sc1ccc(-c3ncco3)c(F)c1)C2. The summed E-state index contributed by atoms with van der Waals surface area (Å²) >= 11 is 1.50. The summed E-state index contributed by atoms with van der Waals surface area (Å²) in [5.74, 6) is -0.0949. The lowest BCUT2D eigenvalue weighted by atomic mass is 10.0. The number of halogens is 1. The Morgan fingerprint density at radius 2 is 1.89 bits per heavy atom. The number of anilines is 1. The van der Waals surface area contributed by atoms with Crippen LogP contribution in [0.1, 0.15) is 28.5 Å². The molecule has 184 valence electrons. The van der Waals surface area contributed by atoms with Crippen molar-refractivity contribution in [2.45, 2.75) is 24.1 Å². The standard InChI is InChI=1S/C27H26FN5O2S/c28-24-14-22(4-5-23(24)27-30-8-11-35-27)36-33-16-19-13-25(31-15-20(19)17-33)26(34)18-2-1-3-21(12-18)32-9-6-29-7-10-32/h1-5,8,11-15,26,29,34H,6-7,9-10,16-17H2. The molecule has 0 amide bonds. The summed E-state index contributed by atoms with van der Waals surface area (Å²) in [5, 5.41) is 14.5. The van der Waals surface area contributed by atoms with Gasteiger partial charge in [0, 0.05) is 56.0 Å². The van der Waals surface area contributed by atoms with Crippen molar-refractivity contribution in [3.63, 3.8) is 0 Å². The topological polar surface area (TPSA) is 77.7 Å². The molecular weight excluding hydrogens is 477 g/mol. The number of oxazole rings is 1. The maximum Gasteiger partial charge on any atom is 0.228 e. The van der Waals surface area contributed by atoms with Crippen molar-refractivity contribution in [1.29, 1.82) is 0 Å². The lowest BCUT2D eigenvalue weighted by molar-refractivity contribution is 0.215. The molecule has 0 radical (unpaired) electrons. The third kappa shape index (κ3) is 4.75. The van der Waals surface area contributed by atoms with Crippen molar-refractivity contribution in [2.75, 3.05) is 31.1 Å². The molecule has 1 fully saturated rings. The highest BCUT2D eigenvalue weighted by Gasteiger charge is 2.24. The molecule has 0 aliphatic carbocycles. The lowest BCUT2D eigenvalue weighted by Gasteiger charge is -2.30. The number of nitrogens with zero attached hydrogens (tertiary/aromatic N) is 4. The average molecular weight is 504 g/mol. The number of hydrogen-bond acceptors (Lipinski definition) is 8. The molecule has 2 N–H and O–H groups in total. The molecule has 1 unspecified atom stereocenters. The predicted octanol–water partition coefficient (Wildman–Crippen LogP) is 4.39.